The van der Waals surface area contributed by atoms with E-state index in [1.165, 1.54) is 5.56 Å². The Bertz CT molecular complexity index is 1580. The number of amides is 1. The molecule has 208 valence electrons. The summed E-state index contributed by atoms with van der Waals surface area (Å²) in [6, 6.07) is 24.0. The van der Waals surface area contributed by atoms with Gasteiger partial charge in [0, 0.05) is 41.7 Å². The summed E-state index contributed by atoms with van der Waals surface area (Å²) in [4.78, 5) is 22.2. The molecule has 0 spiro atoms. The van der Waals surface area contributed by atoms with Crippen molar-refractivity contribution in [3.63, 3.8) is 0 Å². The SMILES string of the molecule is CN(C/C=C/C(=O)N1Cc2c(-c3ccncc3)c(-c3cccc(C#N)c3)nn2C[C@H]1Cc1ccccc1)C(C)(C)C. The van der Waals surface area contributed by atoms with Gasteiger partial charge in [-0.3, -0.25) is 19.4 Å². The zero-order valence-corrected chi connectivity index (χ0v) is 24.2. The molecular weight excluding hydrogens is 508 g/mol. The summed E-state index contributed by atoms with van der Waals surface area (Å²) in [6.45, 7) is 8.17. The Morgan fingerprint density at radius 1 is 1.07 bits per heavy atom. The van der Waals surface area contributed by atoms with Crippen LogP contribution >= 0.6 is 0 Å². The summed E-state index contributed by atoms with van der Waals surface area (Å²) < 4.78 is 2.05. The number of carbonyl (C=O) groups excluding carboxylic acids is 1. The highest BCUT2D eigenvalue weighted by Crippen LogP contribution is 2.38. The van der Waals surface area contributed by atoms with Crippen LogP contribution in [0.2, 0.25) is 0 Å². The Morgan fingerprint density at radius 3 is 2.54 bits per heavy atom. The van der Waals surface area contributed by atoms with Crippen molar-refractivity contribution >= 4 is 5.91 Å². The molecule has 7 nitrogen and oxygen atoms in total. The second kappa shape index (κ2) is 11.9. The third-order valence-corrected chi connectivity index (χ3v) is 7.82. The van der Waals surface area contributed by atoms with E-state index in [0.29, 0.717) is 25.2 Å². The number of fused-ring (bicyclic) bond motifs is 1. The molecule has 3 heterocycles. The van der Waals surface area contributed by atoms with Gasteiger partial charge in [0.05, 0.1) is 36.5 Å². The van der Waals surface area contributed by atoms with Crippen LogP contribution in [-0.2, 0) is 24.3 Å². The van der Waals surface area contributed by atoms with Gasteiger partial charge in [0.2, 0.25) is 5.91 Å². The summed E-state index contributed by atoms with van der Waals surface area (Å²) in [6.07, 6.45) is 7.95. The van der Waals surface area contributed by atoms with Crippen molar-refractivity contribution in [2.24, 2.45) is 0 Å². The molecule has 0 saturated carbocycles. The monoisotopic (exact) mass is 544 g/mol. The summed E-state index contributed by atoms with van der Waals surface area (Å²) in [5.41, 5.74) is 6.38. The number of pyridine rings is 1. The quantitative estimate of drug-likeness (QED) is 0.278. The standard InChI is InChI=1S/C34H36N6O/c1-34(2,3)38(4)19-9-14-31(41)39-24-30-32(27-15-17-36-18-16-27)33(28-13-8-12-26(20-28)22-35)37-40(30)23-29(39)21-25-10-6-5-7-11-25/h5-18,20,29H,19,21,23-24H2,1-4H3/b14-9+/t29-/m1/s1. The fourth-order valence-corrected chi connectivity index (χ4v) is 5.16. The molecule has 1 atom stereocenters. The van der Waals surface area contributed by atoms with Gasteiger partial charge in [-0.15, -0.1) is 0 Å². The van der Waals surface area contributed by atoms with Crippen LogP contribution < -0.4 is 0 Å². The van der Waals surface area contributed by atoms with Gasteiger partial charge >= 0.3 is 0 Å². The molecule has 7 heteroatoms. The summed E-state index contributed by atoms with van der Waals surface area (Å²) in [5, 5.41) is 14.6. The van der Waals surface area contributed by atoms with Crippen LogP contribution in [0.25, 0.3) is 22.4 Å². The molecular formula is C34H36N6O. The summed E-state index contributed by atoms with van der Waals surface area (Å²) in [5.74, 6) is -0.00519. The zero-order chi connectivity index (χ0) is 29.0. The third kappa shape index (κ3) is 6.29. The van der Waals surface area contributed by atoms with E-state index in [2.05, 4.69) is 60.6 Å². The Balaban J connectivity index is 1.56. The summed E-state index contributed by atoms with van der Waals surface area (Å²) >= 11 is 0. The number of hydrogen-bond donors (Lipinski definition) is 0. The third-order valence-electron chi connectivity index (χ3n) is 7.82. The molecule has 0 N–H and O–H groups in total. The zero-order valence-electron chi connectivity index (χ0n) is 24.2. The number of nitrogens with zero attached hydrogens (tertiary/aromatic N) is 6. The van der Waals surface area contributed by atoms with Crippen LogP contribution in [0, 0.1) is 11.3 Å². The van der Waals surface area contributed by atoms with Crippen LogP contribution in [0.3, 0.4) is 0 Å². The van der Waals surface area contributed by atoms with Crippen molar-refractivity contribution in [3.05, 3.63) is 108 Å². The average molecular weight is 545 g/mol. The maximum atomic E-state index is 13.8. The van der Waals surface area contributed by atoms with Crippen molar-refractivity contribution in [1.82, 2.24) is 24.6 Å². The number of likely N-dealkylation sites (N-methyl/N-ethyl adjacent to an activating group) is 1. The highest BCUT2D eigenvalue weighted by Gasteiger charge is 2.33. The second-order valence-electron chi connectivity index (χ2n) is 11.5. The van der Waals surface area contributed by atoms with Crippen molar-refractivity contribution in [2.45, 2.75) is 51.9 Å². The molecule has 2 aromatic heterocycles. The van der Waals surface area contributed by atoms with Gasteiger partial charge in [-0.25, -0.2) is 0 Å². The number of carbonyl (C=O) groups is 1. The minimum Gasteiger partial charge on any atom is -0.328 e. The Labute approximate surface area is 242 Å². The van der Waals surface area contributed by atoms with Gasteiger partial charge in [-0.05, 0) is 69.6 Å². The average Bonchev–Trinajstić information content (AvgIpc) is 3.35. The minimum absolute atomic E-state index is 0.00519. The van der Waals surface area contributed by atoms with E-state index >= 15 is 0 Å². The highest BCUT2D eigenvalue weighted by molar-refractivity contribution is 5.89. The molecule has 2 aromatic carbocycles. The summed E-state index contributed by atoms with van der Waals surface area (Å²) in [7, 11) is 2.07. The normalized spacial score (nSPS) is 15.2. The van der Waals surface area contributed by atoms with Crippen LogP contribution in [0.4, 0.5) is 0 Å². The molecule has 1 amide bonds. The molecule has 5 rings (SSSR count). The maximum Gasteiger partial charge on any atom is 0.246 e. The Morgan fingerprint density at radius 2 is 1.83 bits per heavy atom. The van der Waals surface area contributed by atoms with E-state index in [1.807, 2.05) is 59.5 Å². The number of aromatic nitrogens is 3. The Kier molecular flexibility index (Phi) is 8.14. The van der Waals surface area contributed by atoms with Crippen molar-refractivity contribution in [3.8, 4) is 28.5 Å². The van der Waals surface area contributed by atoms with Crippen molar-refractivity contribution < 1.29 is 4.79 Å². The fraction of sp³-hybridized carbons (Fsp3) is 0.294. The lowest BCUT2D eigenvalue weighted by Gasteiger charge is -2.36. The number of benzene rings is 2. The molecule has 0 bridgehead atoms. The lowest BCUT2D eigenvalue weighted by Crippen LogP contribution is -2.47. The molecule has 0 saturated heterocycles. The van der Waals surface area contributed by atoms with Gasteiger partial charge < -0.3 is 4.90 Å². The van der Waals surface area contributed by atoms with Crippen LogP contribution in [0.1, 0.15) is 37.6 Å². The van der Waals surface area contributed by atoms with Gasteiger partial charge in [-0.1, -0.05) is 48.5 Å². The molecule has 1 aliphatic rings. The molecule has 0 aliphatic carbocycles. The largest absolute Gasteiger partial charge is 0.328 e. The van der Waals surface area contributed by atoms with Gasteiger partial charge in [0.15, 0.2) is 0 Å². The molecule has 41 heavy (non-hydrogen) atoms. The molecule has 1 aliphatic heterocycles. The number of hydrogen-bond acceptors (Lipinski definition) is 5. The predicted molar refractivity (Wildman–Crippen MR) is 162 cm³/mol. The molecule has 0 fully saturated rings. The number of rotatable bonds is 7. The Hall–Kier alpha value is -4.54. The highest BCUT2D eigenvalue weighted by atomic mass is 16.2. The topological polar surface area (TPSA) is 78.1 Å². The van der Waals surface area contributed by atoms with Crippen molar-refractivity contribution in [2.75, 3.05) is 13.6 Å². The maximum absolute atomic E-state index is 13.8. The molecule has 0 radical (unpaired) electrons. The van der Waals surface area contributed by atoms with Crippen LogP contribution in [0.5, 0.6) is 0 Å². The van der Waals surface area contributed by atoms with Gasteiger partial charge in [-0.2, -0.15) is 10.4 Å². The van der Waals surface area contributed by atoms with Gasteiger partial charge in [0.25, 0.3) is 0 Å². The first-order valence-corrected chi connectivity index (χ1v) is 14.0. The lowest BCUT2D eigenvalue weighted by atomic mass is 9.96. The second-order valence-corrected chi connectivity index (χ2v) is 11.5. The van der Waals surface area contributed by atoms with E-state index < -0.39 is 0 Å². The first kappa shape index (κ1) is 28.0. The van der Waals surface area contributed by atoms with E-state index in [-0.39, 0.29) is 17.5 Å². The molecule has 0 unspecified atom stereocenters. The predicted octanol–water partition coefficient (Wildman–Crippen LogP) is 5.72. The van der Waals surface area contributed by atoms with Gasteiger partial charge in [0.1, 0.15) is 5.69 Å². The van der Waals surface area contributed by atoms with E-state index in [1.54, 1.807) is 24.5 Å². The number of nitriles is 1. The smallest absolute Gasteiger partial charge is 0.246 e. The van der Waals surface area contributed by atoms with E-state index in [9.17, 15) is 10.1 Å². The van der Waals surface area contributed by atoms with Crippen LogP contribution in [0.15, 0.2) is 91.3 Å². The first-order valence-electron chi connectivity index (χ1n) is 14.0. The van der Waals surface area contributed by atoms with E-state index in [4.69, 9.17) is 5.10 Å². The van der Waals surface area contributed by atoms with Crippen molar-refractivity contribution in [1.29, 1.82) is 5.26 Å². The lowest BCUT2D eigenvalue weighted by molar-refractivity contribution is -0.130. The first-order chi connectivity index (χ1) is 19.7. The van der Waals surface area contributed by atoms with Crippen LogP contribution in [-0.4, -0.2) is 55.6 Å². The molecule has 4 aromatic rings. The fourth-order valence-electron chi connectivity index (χ4n) is 5.16. The van der Waals surface area contributed by atoms with E-state index in [0.717, 1.165) is 34.5 Å². The minimum atomic E-state index is -0.0640.